The number of halogens is 3. The van der Waals surface area contributed by atoms with Crippen LogP contribution in [0.5, 0.6) is 0 Å². The van der Waals surface area contributed by atoms with Crippen molar-refractivity contribution in [2.75, 3.05) is 11.5 Å². The van der Waals surface area contributed by atoms with Crippen molar-refractivity contribution in [2.24, 2.45) is 5.73 Å². The van der Waals surface area contributed by atoms with Crippen molar-refractivity contribution in [3.63, 3.8) is 0 Å². The number of aliphatic hydroxyl groups excluding tert-OH is 1. The zero-order valence-electron chi connectivity index (χ0n) is 13.3. The Kier molecular flexibility index (Phi) is 8.54. The van der Waals surface area contributed by atoms with E-state index in [4.69, 9.17) is 5.73 Å². The van der Waals surface area contributed by atoms with E-state index < -0.39 is 29.8 Å². The Bertz CT molecular complexity index is 529. The molecule has 1 aromatic carbocycles. The van der Waals surface area contributed by atoms with Gasteiger partial charge >= 0.3 is 6.18 Å². The predicted octanol–water partition coefficient (Wildman–Crippen LogP) is 1.66. The van der Waals surface area contributed by atoms with Gasteiger partial charge in [0.25, 0.3) is 5.91 Å². The highest BCUT2D eigenvalue weighted by Gasteiger charge is 2.30. The third-order valence-corrected chi connectivity index (χ3v) is 4.16. The van der Waals surface area contributed by atoms with Crippen molar-refractivity contribution in [3.05, 3.63) is 35.4 Å². The van der Waals surface area contributed by atoms with Crippen molar-refractivity contribution >= 4 is 17.7 Å². The molecule has 9 heteroatoms. The Morgan fingerprint density at radius 2 is 2.12 bits per heavy atom. The summed E-state index contributed by atoms with van der Waals surface area (Å²) in [6.45, 7) is 1.99. The minimum absolute atomic E-state index is 0.0106. The van der Waals surface area contributed by atoms with Crippen molar-refractivity contribution in [1.82, 2.24) is 10.9 Å². The van der Waals surface area contributed by atoms with Gasteiger partial charge in [0.1, 0.15) is 6.10 Å². The van der Waals surface area contributed by atoms with Gasteiger partial charge in [0, 0.05) is 12.6 Å². The molecule has 0 aliphatic carbocycles. The summed E-state index contributed by atoms with van der Waals surface area (Å²) in [5, 5.41) is 9.80. The number of benzene rings is 1. The van der Waals surface area contributed by atoms with Crippen LogP contribution in [-0.2, 0) is 17.5 Å². The molecule has 0 saturated heterocycles. The van der Waals surface area contributed by atoms with Gasteiger partial charge in [0.2, 0.25) is 0 Å². The fourth-order valence-electron chi connectivity index (χ4n) is 1.88. The molecule has 0 aliphatic rings. The van der Waals surface area contributed by atoms with Crippen molar-refractivity contribution in [2.45, 2.75) is 38.2 Å². The summed E-state index contributed by atoms with van der Waals surface area (Å²) in [5.41, 5.74) is 10.1. The Hall–Kier alpha value is -1.29. The average molecular weight is 365 g/mol. The molecule has 1 aromatic rings. The van der Waals surface area contributed by atoms with Crippen LogP contribution in [0.2, 0.25) is 0 Å². The summed E-state index contributed by atoms with van der Waals surface area (Å²) in [5.74, 6) is 0.948. The molecule has 0 aliphatic heterocycles. The minimum Gasteiger partial charge on any atom is -0.382 e. The van der Waals surface area contributed by atoms with Gasteiger partial charge in [-0.1, -0.05) is 25.1 Å². The van der Waals surface area contributed by atoms with Crippen molar-refractivity contribution in [1.29, 1.82) is 0 Å². The van der Waals surface area contributed by atoms with Crippen LogP contribution in [0.1, 0.15) is 24.5 Å². The Morgan fingerprint density at radius 1 is 1.42 bits per heavy atom. The van der Waals surface area contributed by atoms with Gasteiger partial charge in [-0.15, -0.1) is 0 Å². The second kappa shape index (κ2) is 9.87. The van der Waals surface area contributed by atoms with E-state index in [0.29, 0.717) is 12.0 Å². The minimum atomic E-state index is -4.42. The van der Waals surface area contributed by atoms with E-state index in [1.165, 1.54) is 12.1 Å². The zero-order valence-corrected chi connectivity index (χ0v) is 14.1. The second-order valence-electron chi connectivity index (χ2n) is 5.14. The molecular weight excluding hydrogens is 343 g/mol. The van der Waals surface area contributed by atoms with E-state index in [1.54, 1.807) is 11.8 Å². The van der Waals surface area contributed by atoms with E-state index in [-0.39, 0.29) is 6.54 Å². The monoisotopic (exact) mass is 365 g/mol. The van der Waals surface area contributed by atoms with Gasteiger partial charge in [-0.3, -0.25) is 10.2 Å². The number of nitrogens with one attached hydrogen (secondary N) is 2. The molecule has 0 bridgehead atoms. The summed E-state index contributed by atoms with van der Waals surface area (Å²) >= 11 is 1.65. The highest BCUT2D eigenvalue weighted by Crippen LogP contribution is 2.29. The zero-order chi connectivity index (χ0) is 18.2. The Balaban J connectivity index is 2.42. The highest BCUT2D eigenvalue weighted by atomic mass is 32.2. The molecule has 0 saturated carbocycles. The number of aliphatic hydroxyl groups is 1. The molecule has 0 fully saturated rings. The smallest absolute Gasteiger partial charge is 0.382 e. The summed E-state index contributed by atoms with van der Waals surface area (Å²) in [4.78, 5) is 11.7. The maximum atomic E-state index is 12.6. The molecule has 1 amide bonds. The van der Waals surface area contributed by atoms with Crippen LogP contribution in [0.15, 0.2) is 24.3 Å². The van der Waals surface area contributed by atoms with Crippen LogP contribution < -0.4 is 16.6 Å². The molecule has 0 heterocycles. The highest BCUT2D eigenvalue weighted by molar-refractivity contribution is 7.99. The van der Waals surface area contributed by atoms with Crippen LogP contribution >= 0.6 is 11.8 Å². The maximum Gasteiger partial charge on any atom is 0.416 e. The first-order valence-corrected chi connectivity index (χ1v) is 8.61. The first-order valence-electron chi connectivity index (χ1n) is 7.46. The van der Waals surface area contributed by atoms with Crippen LogP contribution in [0.4, 0.5) is 13.2 Å². The number of hydrazine groups is 1. The molecule has 0 radical (unpaired) electrons. The van der Waals surface area contributed by atoms with Crippen molar-refractivity contribution < 1.29 is 23.1 Å². The molecule has 0 spiro atoms. The summed E-state index contributed by atoms with van der Waals surface area (Å²) < 4.78 is 37.8. The van der Waals surface area contributed by atoms with Crippen LogP contribution in [0.25, 0.3) is 0 Å². The number of nitrogens with two attached hydrogens (primary N) is 1. The van der Waals surface area contributed by atoms with E-state index >= 15 is 0 Å². The van der Waals surface area contributed by atoms with E-state index in [1.807, 2.05) is 6.92 Å². The molecule has 2 unspecified atom stereocenters. The molecule has 0 aromatic heterocycles. The topological polar surface area (TPSA) is 87.4 Å². The molecule has 2 atom stereocenters. The fraction of sp³-hybridized carbons (Fsp3) is 0.533. The van der Waals surface area contributed by atoms with E-state index in [0.717, 1.165) is 23.6 Å². The Morgan fingerprint density at radius 3 is 2.75 bits per heavy atom. The third-order valence-electron chi connectivity index (χ3n) is 3.23. The molecule has 24 heavy (non-hydrogen) atoms. The predicted molar refractivity (Wildman–Crippen MR) is 88.0 cm³/mol. The lowest BCUT2D eigenvalue weighted by atomic mass is 10.1. The van der Waals surface area contributed by atoms with E-state index in [2.05, 4.69) is 10.9 Å². The van der Waals surface area contributed by atoms with Gasteiger partial charge in [0.15, 0.2) is 0 Å². The first kappa shape index (κ1) is 20.8. The maximum absolute atomic E-state index is 12.6. The number of thioether (sulfide) groups is 1. The SMILES string of the molecule is CCSCCC(N)C(O)C(=O)NNCc1cccc(C(F)(F)F)c1. The van der Waals surface area contributed by atoms with Gasteiger partial charge < -0.3 is 10.8 Å². The summed E-state index contributed by atoms with van der Waals surface area (Å²) in [7, 11) is 0. The summed E-state index contributed by atoms with van der Waals surface area (Å²) in [6, 6.07) is 4.05. The average Bonchev–Trinajstić information content (AvgIpc) is 2.53. The van der Waals surface area contributed by atoms with Crippen molar-refractivity contribution in [3.8, 4) is 0 Å². The van der Waals surface area contributed by atoms with Gasteiger partial charge in [-0.2, -0.15) is 24.9 Å². The number of hydrogen-bond acceptors (Lipinski definition) is 5. The van der Waals surface area contributed by atoms with Gasteiger partial charge in [-0.05, 0) is 29.6 Å². The molecule has 5 N–H and O–H groups in total. The quantitative estimate of drug-likeness (QED) is 0.395. The van der Waals surface area contributed by atoms with Gasteiger partial charge in [0.05, 0.1) is 5.56 Å². The number of carbonyl (C=O) groups is 1. The first-order chi connectivity index (χ1) is 11.3. The second-order valence-corrected chi connectivity index (χ2v) is 6.53. The standard InChI is InChI=1S/C15H22F3N3O2S/c1-2-24-7-6-12(19)13(22)14(23)21-20-9-10-4-3-5-11(8-10)15(16,17)18/h3-5,8,12-13,20,22H,2,6-7,9,19H2,1H3,(H,21,23). The number of hydrogen-bond donors (Lipinski definition) is 4. The molecule has 1 rings (SSSR count). The van der Waals surface area contributed by atoms with Crippen LogP contribution in [0.3, 0.4) is 0 Å². The number of rotatable bonds is 9. The lowest BCUT2D eigenvalue weighted by Crippen LogP contribution is -2.50. The number of carbonyl (C=O) groups excluding carboxylic acids is 1. The fourth-order valence-corrected chi connectivity index (χ4v) is 2.61. The molecule has 136 valence electrons. The van der Waals surface area contributed by atoms with Crippen LogP contribution in [0, 0.1) is 0 Å². The largest absolute Gasteiger partial charge is 0.416 e. The molecular formula is C15H22F3N3O2S. The lowest BCUT2D eigenvalue weighted by Gasteiger charge is -2.18. The third kappa shape index (κ3) is 7.08. The van der Waals surface area contributed by atoms with Gasteiger partial charge in [-0.25, -0.2) is 5.43 Å². The number of alkyl halides is 3. The molecule has 5 nitrogen and oxygen atoms in total. The summed E-state index contributed by atoms with van der Waals surface area (Å²) in [6.07, 6.45) is -5.31. The Labute approximate surface area is 143 Å². The van der Waals surface area contributed by atoms with E-state index in [9.17, 15) is 23.1 Å². The van der Waals surface area contributed by atoms with Crippen LogP contribution in [-0.4, -0.2) is 34.7 Å². The number of amides is 1. The lowest BCUT2D eigenvalue weighted by molar-refractivity contribution is -0.137. The normalized spacial score (nSPS) is 14.2.